The second-order valence-corrected chi connectivity index (χ2v) is 6.68. The molecule has 6 nitrogen and oxygen atoms in total. The first-order chi connectivity index (χ1) is 14.5. The van der Waals surface area contributed by atoms with Gasteiger partial charge in [-0.3, -0.25) is 9.59 Å². The summed E-state index contributed by atoms with van der Waals surface area (Å²) in [7, 11) is 0. The van der Waals surface area contributed by atoms with E-state index in [9.17, 15) is 9.59 Å². The Labute approximate surface area is 179 Å². The average molecular weight is 422 g/mol. The number of ether oxygens (including phenoxy) is 1. The molecule has 0 saturated carbocycles. The Morgan fingerprint density at radius 1 is 0.967 bits per heavy atom. The van der Waals surface area contributed by atoms with E-state index >= 15 is 0 Å². The third-order valence-electron chi connectivity index (χ3n) is 4.06. The number of hydrazone groups is 1. The number of nitrogens with one attached hydrogen (secondary N) is 2. The summed E-state index contributed by atoms with van der Waals surface area (Å²) in [5, 5.41) is 7.36. The molecule has 0 aliphatic rings. The molecule has 0 heterocycles. The van der Waals surface area contributed by atoms with E-state index in [4.69, 9.17) is 16.3 Å². The lowest BCUT2D eigenvalue weighted by Crippen LogP contribution is -2.17. The molecule has 0 fully saturated rings. The summed E-state index contributed by atoms with van der Waals surface area (Å²) in [6.45, 7) is 2.46. The van der Waals surface area contributed by atoms with Crippen LogP contribution in [0.1, 0.15) is 33.2 Å². The highest BCUT2D eigenvalue weighted by atomic mass is 35.5. The zero-order valence-corrected chi connectivity index (χ0v) is 17.0. The van der Waals surface area contributed by atoms with Crippen molar-refractivity contribution in [1.82, 2.24) is 5.43 Å². The van der Waals surface area contributed by atoms with Crippen LogP contribution in [0.5, 0.6) is 5.75 Å². The van der Waals surface area contributed by atoms with E-state index in [1.807, 2.05) is 13.0 Å². The van der Waals surface area contributed by atoms with Gasteiger partial charge in [0.05, 0.1) is 12.8 Å². The van der Waals surface area contributed by atoms with Gasteiger partial charge in [0.2, 0.25) is 0 Å². The lowest BCUT2D eigenvalue weighted by Gasteiger charge is -2.06. The van der Waals surface area contributed by atoms with E-state index in [1.165, 1.54) is 6.21 Å². The number of hydrogen-bond donors (Lipinski definition) is 2. The Morgan fingerprint density at radius 2 is 1.63 bits per heavy atom. The van der Waals surface area contributed by atoms with Gasteiger partial charge in [-0.15, -0.1) is 0 Å². The molecule has 7 heteroatoms. The Hall–Kier alpha value is -3.64. The van der Waals surface area contributed by atoms with Gasteiger partial charge in [0.15, 0.2) is 0 Å². The van der Waals surface area contributed by atoms with Crippen molar-refractivity contribution in [2.24, 2.45) is 5.10 Å². The fourth-order valence-electron chi connectivity index (χ4n) is 2.60. The van der Waals surface area contributed by atoms with Crippen molar-refractivity contribution in [2.45, 2.75) is 6.92 Å². The number of halogens is 1. The van der Waals surface area contributed by atoms with Crippen LogP contribution in [-0.4, -0.2) is 24.6 Å². The molecule has 0 saturated heterocycles. The van der Waals surface area contributed by atoms with Crippen LogP contribution in [0, 0.1) is 0 Å². The average Bonchev–Trinajstić information content (AvgIpc) is 2.75. The second kappa shape index (κ2) is 10.2. The highest BCUT2D eigenvalue weighted by Crippen LogP contribution is 2.14. The van der Waals surface area contributed by atoms with Crippen molar-refractivity contribution in [3.05, 3.63) is 94.5 Å². The molecule has 3 aromatic carbocycles. The maximum absolute atomic E-state index is 12.3. The van der Waals surface area contributed by atoms with Gasteiger partial charge in [0, 0.05) is 21.8 Å². The van der Waals surface area contributed by atoms with Crippen molar-refractivity contribution >= 4 is 35.3 Å². The lowest BCUT2D eigenvalue weighted by molar-refractivity contribution is 0.0954. The summed E-state index contributed by atoms with van der Waals surface area (Å²) >= 11 is 5.85. The number of benzene rings is 3. The van der Waals surface area contributed by atoms with Crippen LogP contribution in [0.4, 0.5) is 5.69 Å². The summed E-state index contributed by atoms with van der Waals surface area (Å²) in [5.74, 6) is 0.126. The highest BCUT2D eigenvalue weighted by Gasteiger charge is 2.07. The van der Waals surface area contributed by atoms with Gasteiger partial charge < -0.3 is 10.1 Å². The van der Waals surface area contributed by atoms with Crippen molar-refractivity contribution in [1.29, 1.82) is 0 Å². The fourth-order valence-corrected chi connectivity index (χ4v) is 2.73. The summed E-state index contributed by atoms with van der Waals surface area (Å²) in [6, 6.07) is 20.5. The van der Waals surface area contributed by atoms with Crippen LogP contribution in [-0.2, 0) is 0 Å². The zero-order valence-electron chi connectivity index (χ0n) is 16.3. The molecule has 2 N–H and O–H groups in total. The normalized spacial score (nSPS) is 10.6. The molecule has 0 aliphatic carbocycles. The first-order valence-corrected chi connectivity index (χ1v) is 9.66. The molecular weight excluding hydrogens is 402 g/mol. The first-order valence-electron chi connectivity index (χ1n) is 9.28. The van der Waals surface area contributed by atoms with Gasteiger partial charge in [-0.25, -0.2) is 5.43 Å². The van der Waals surface area contributed by atoms with E-state index in [0.29, 0.717) is 34.2 Å². The van der Waals surface area contributed by atoms with E-state index in [0.717, 1.165) is 5.56 Å². The smallest absolute Gasteiger partial charge is 0.271 e. The molecule has 0 unspecified atom stereocenters. The molecular formula is C23H20ClN3O3. The van der Waals surface area contributed by atoms with Crippen LogP contribution in [0.3, 0.4) is 0 Å². The molecule has 0 atom stereocenters. The van der Waals surface area contributed by atoms with E-state index in [1.54, 1.807) is 66.7 Å². The minimum atomic E-state index is -0.332. The predicted molar refractivity (Wildman–Crippen MR) is 119 cm³/mol. The maximum atomic E-state index is 12.3. The number of carbonyl (C=O) groups excluding carboxylic acids is 2. The Balaban J connectivity index is 1.59. The molecule has 3 aromatic rings. The van der Waals surface area contributed by atoms with Crippen LogP contribution in [0.2, 0.25) is 5.02 Å². The third-order valence-corrected chi connectivity index (χ3v) is 4.31. The lowest BCUT2D eigenvalue weighted by atomic mass is 10.2. The quantitative estimate of drug-likeness (QED) is 0.426. The first kappa shape index (κ1) is 21.1. The van der Waals surface area contributed by atoms with Crippen LogP contribution in [0.25, 0.3) is 0 Å². The Bertz CT molecular complexity index is 1050. The third kappa shape index (κ3) is 5.93. The molecule has 0 aliphatic heterocycles. The molecule has 0 radical (unpaired) electrons. The maximum Gasteiger partial charge on any atom is 0.271 e. The number of rotatable bonds is 7. The van der Waals surface area contributed by atoms with Gasteiger partial charge >= 0.3 is 0 Å². The standard InChI is InChI=1S/C23H20ClN3O3/c1-2-30-21-12-8-18(9-13-21)23(29)27-25-15-16-4-3-5-20(14-16)26-22(28)17-6-10-19(24)11-7-17/h3-15H,2H2,1H3,(H,26,28)(H,27,29). The van der Waals surface area contributed by atoms with Gasteiger partial charge in [-0.2, -0.15) is 5.10 Å². The molecule has 0 aromatic heterocycles. The minimum Gasteiger partial charge on any atom is -0.494 e. The highest BCUT2D eigenvalue weighted by molar-refractivity contribution is 6.30. The molecule has 0 bridgehead atoms. The van der Waals surface area contributed by atoms with Gasteiger partial charge in [-0.05, 0) is 73.2 Å². The molecule has 30 heavy (non-hydrogen) atoms. The monoisotopic (exact) mass is 421 g/mol. The topological polar surface area (TPSA) is 79.8 Å². The van der Waals surface area contributed by atoms with Crippen molar-refractivity contribution in [3.63, 3.8) is 0 Å². The van der Waals surface area contributed by atoms with Crippen LogP contribution in [0.15, 0.2) is 77.9 Å². The van der Waals surface area contributed by atoms with Crippen LogP contribution >= 0.6 is 11.6 Å². The largest absolute Gasteiger partial charge is 0.494 e. The number of carbonyl (C=O) groups is 2. The second-order valence-electron chi connectivity index (χ2n) is 6.24. The molecule has 152 valence electrons. The number of nitrogens with zero attached hydrogens (tertiary/aromatic N) is 1. The Kier molecular flexibility index (Phi) is 7.19. The summed E-state index contributed by atoms with van der Waals surface area (Å²) in [4.78, 5) is 24.5. The predicted octanol–water partition coefficient (Wildman–Crippen LogP) is 4.75. The SMILES string of the molecule is CCOc1ccc(C(=O)NN=Cc2cccc(NC(=O)c3ccc(Cl)cc3)c2)cc1. The Morgan fingerprint density at radius 3 is 2.33 bits per heavy atom. The van der Waals surface area contributed by atoms with E-state index in [-0.39, 0.29) is 11.8 Å². The van der Waals surface area contributed by atoms with E-state index < -0.39 is 0 Å². The number of anilines is 1. The van der Waals surface area contributed by atoms with Crippen molar-refractivity contribution < 1.29 is 14.3 Å². The van der Waals surface area contributed by atoms with Gasteiger partial charge in [0.25, 0.3) is 11.8 Å². The van der Waals surface area contributed by atoms with Crippen molar-refractivity contribution in [3.8, 4) is 5.75 Å². The molecule has 2 amide bonds. The fraction of sp³-hybridized carbons (Fsp3) is 0.0870. The number of amides is 2. The van der Waals surface area contributed by atoms with Crippen LogP contribution < -0.4 is 15.5 Å². The summed E-state index contributed by atoms with van der Waals surface area (Å²) in [5.41, 5.74) is 4.78. The summed E-state index contributed by atoms with van der Waals surface area (Å²) < 4.78 is 5.35. The van der Waals surface area contributed by atoms with Crippen molar-refractivity contribution in [2.75, 3.05) is 11.9 Å². The van der Waals surface area contributed by atoms with Gasteiger partial charge in [-0.1, -0.05) is 23.7 Å². The molecule has 0 spiro atoms. The molecule has 3 rings (SSSR count). The van der Waals surface area contributed by atoms with E-state index in [2.05, 4.69) is 15.8 Å². The summed E-state index contributed by atoms with van der Waals surface area (Å²) in [6.07, 6.45) is 1.50. The minimum absolute atomic E-state index is 0.246. The number of hydrogen-bond acceptors (Lipinski definition) is 4. The zero-order chi connectivity index (χ0) is 21.3. The van der Waals surface area contributed by atoms with Gasteiger partial charge in [0.1, 0.15) is 5.75 Å².